The van der Waals surface area contributed by atoms with E-state index in [1.54, 1.807) is 14.0 Å². The third-order valence-electron chi connectivity index (χ3n) is 4.35. The molecule has 0 aliphatic carbocycles. The number of nitrogens with one attached hydrogen (secondary N) is 1. The van der Waals surface area contributed by atoms with Gasteiger partial charge in [-0.25, -0.2) is 0 Å². The molecule has 28 heavy (non-hydrogen) atoms. The molecule has 2 amide bonds. The lowest BCUT2D eigenvalue weighted by atomic mass is 10.2. The molecule has 1 aliphatic rings. The molecule has 3 rings (SSSR count). The molecule has 0 fully saturated rings. The Bertz CT molecular complexity index is 872. The van der Waals surface area contributed by atoms with Crippen LogP contribution in [0.4, 0.5) is 5.69 Å². The molecule has 6 nitrogen and oxygen atoms in total. The van der Waals surface area contributed by atoms with Crippen LogP contribution < -0.4 is 5.32 Å². The summed E-state index contributed by atoms with van der Waals surface area (Å²) in [6.07, 6.45) is -1.00. The van der Waals surface area contributed by atoms with Gasteiger partial charge in [0.05, 0.1) is 17.4 Å². The molecule has 2 aromatic rings. The number of esters is 1. The predicted octanol–water partition coefficient (Wildman–Crippen LogP) is 3.08. The molecule has 146 valence electrons. The van der Waals surface area contributed by atoms with Crippen LogP contribution in [0.1, 0.15) is 18.9 Å². The van der Waals surface area contributed by atoms with E-state index in [0.29, 0.717) is 6.54 Å². The number of amides is 2. The van der Waals surface area contributed by atoms with Crippen LogP contribution in [0.3, 0.4) is 0 Å². The average molecular weight is 398 g/mol. The maximum Gasteiger partial charge on any atom is 0.308 e. The highest BCUT2D eigenvalue weighted by Crippen LogP contribution is 2.36. The Morgan fingerprint density at radius 3 is 2.57 bits per heavy atom. The van der Waals surface area contributed by atoms with Crippen molar-refractivity contribution in [3.05, 3.63) is 60.2 Å². The van der Waals surface area contributed by atoms with E-state index in [-0.39, 0.29) is 18.2 Å². The third kappa shape index (κ3) is 4.92. The van der Waals surface area contributed by atoms with Crippen molar-refractivity contribution in [2.75, 3.05) is 12.4 Å². The van der Waals surface area contributed by atoms with E-state index in [2.05, 4.69) is 5.32 Å². The number of thioether (sulfide) groups is 1. The fourth-order valence-corrected chi connectivity index (χ4v) is 4.01. The van der Waals surface area contributed by atoms with Crippen LogP contribution in [0.5, 0.6) is 0 Å². The fourth-order valence-electron chi connectivity index (χ4n) is 2.92. The van der Waals surface area contributed by atoms with Gasteiger partial charge in [0.15, 0.2) is 6.10 Å². The molecule has 0 spiro atoms. The van der Waals surface area contributed by atoms with Crippen molar-refractivity contribution in [2.45, 2.75) is 36.1 Å². The molecule has 0 saturated heterocycles. The number of hydrogen-bond acceptors (Lipinski definition) is 5. The Morgan fingerprint density at radius 1 is 1.14 bits per heavy atom. The molecule has 0 radical (unpaired) electrons. The van der Waals surface area contributed by atoms with Gasteiger partial charge in [-0.2, -0.15) is 0 Å². The lowest BCUT2D eigenvalue weighted by Crippen LogP contribution is -2.38. The summed E-state index contributed by atoms with van der Waals surface area (Å²) in [5.74, 6) is -1.09. The standard InChI is InChI=1S/C21H22N2O4S/c1-14(21(26)23(2)13-15-8-4-3-5-9-15)27-19(24)12-18-20(25)22-16-10-6-7-11-17(16)28-18/h3-11,14,18H,12-13H2,1-2H3,(H,22,25)/t14-,18-/m0/s1. The Labute approximate surface area is 168 Å². The van der Waals surface area contributed by atoms with Gasteiger partial charge >= 0.3 is 5.97 Å². The van der Waals surface area contributed by atoms with Gasteiger partial charge in [0.25, 0.3) is 5.91 Å². The van der Waals surface area contributed by atoms with E-state index in [9.17, 15) is 14.4 Å². The topological polar surface area (TPSA) is 75.7 Å². The van der Waals surface area contributed by atoms with Crippen molar-refractivity contribution in [3.63, 3.8) is 0 Å². The van der Waals surface area contributed by atoms with E-state index in [0.717, 1.165) is 16.1 Å². The molecular weight excluding hydrogens is 376 g/mol. The quantitative estimate of drug-likeness (QED) is 0.757. The molecule has 1 heterocycles. The molecule has 2 atom stereocenters. The second-order valence-electron chi connectivity index (χ2n) is 6.61. The first-order valence-corrected chi connectivity index (χ1v) is 9.87. The average Bonchev–Trinajstić information content (AvgIpc) is 2.68. The van der Waals surface area contributed by atoms with E-state index >= 15 is 0 Å². The lowest BCUT2D eigenvalue weighted by Gasteiger charge is -2.25. The molecule has 0 aromatic heterocycles. The highest BCUT2D eigenvalue weighted by atomic mass is 32.2. The van der Waals surface area contributed by atoms with Crippen LogP contribution in [0.15, 0.2) is 59.5 Å². The van der Waals surface area contributed by atoms with Crippen LogP contribution >= 0.6 is 11.8 Å². The summed E-state index contributed by atoms with van der Waals surface area (Å²) >= 11 is 1.33. The van der Waals surface area contributed by atoms with E-state index < -0.39 is 17.3 Å². The van der Waals surface area contributed by atoms with Gasteiger partial charge in [-0.05, 0) is 24.6 Å². The Hall–Kier alpha value is -2.80. The van der Waals surface area contributed by atoms with Gasteiger partial charge in [-0.15, -0.1) is 11.8 Å². The first-order chi connectivity index (χ1) is 13.4. The predicted molar refractivity (Wildman–Crippen MR) is 108 cm³/mol. The number of likely N-dealkylation sites (N-methyl/N-ethyl adjacent to an activating group) is 1. The Kier molecular flexibility index (Phi) is 6.36. The van der Waals surface area contributed by atoms with Gasteiger partial charge in [0.2, 0.25) is 5.91 Å². The minimum Gasteiger partial charge on any atom is -0.452 e. The summed E-state index contributed by atoms with van der Waals surface area (Å²) < 4.78 is 5.29. The maximum absolute atomic E-state index is 12.5. The third-order valence-corrected chi connectivity index (χ3v) is 5.63. The minimum atomic E-state index is -0.912. The zero-order valence-corrected chi connectivity index (χ0v) is 16.6. The van der Waals surface area contributed by atoms with Crippen molar-refractivity contribution < 1.29 is 19.1 Å². The summed E-state index contributed by atoms with van der Waals surface area (Å²) in [5, 5.41) is 2.22. The smallest absolute Gasteiger partial charge is 0.308 e. The van der Waals surface area contributed by atoms with E-state index in [1.165, 1.54) is 16.7 Å². The number of benzene rings is 2. The van der Waals surface area contributed by atoms with Gasteiger partial charge in [0.1, 0.15) is 0 Å². The monoisotopic (exact) mass is 398 g/mol. The molecule has 1 aliphatic heterocycles. The van der Waals surface area contributed by atoms with Gasteiger partial charge in [-0.3, -0.25) is 14.4 Å². The second-order valence-corrected chi connectivity index (χ2v) is 7.85. The van der Waals surface area contributed by atoms with Crippen molar-refractivity contribution >= 4 is 35.2 Å². The highest BCUT2D eigenvalue weighted by molar-refractivity contribution is 8.01. The van der Waals surface area contributed by atoms with Crippen LogP contribution in [0.25, 0.3) is 0 Å². The zero-order chi connectivity index (χ0) is 20.1. The van der Waals surface area contributed by atoms with Gasteiger partial charge < -0.3 is 15.0 Å². The summed E-state index contributed by atoms with van der Waals surface area (Å²) in [7, 11) is 1.67. The summed E-state index contributed by atoms with van der Waals surface area (Å²) in [4.78, 5) is 39.4. The summed E-state index contributed by atoms with van der Waals surface area (Å²) in [6, 6.07) is 17.0. The normalized spacial score (nSPS) is 16.5. The number of fused-ring (bicyclic) bond motifs is 1. The maximum atomic E-state index is 12.5. The molecule has 2 aromatic carbocycles. The second kappa shape index (κ2) is 8.93. The SMILES string of the molecule is C[C@H](OC(=O)C[C@@H]1Sc2ccccc2NC1=O)C(=O)N(C)Cc1ccccc1. The molecule has 0 unspecified atom stereocenters. The number of para-hydroxylation sites is 1. The zero-order valence-electron chi connectivity index (χ0n) is 15.8. The molecule has 0 bridgehead atoms. The summed E-state index contributed by atoms with van der Waals surface area (Å²) in [6.45, 7) is 1.98. The number of nitrogens with zero attached hydrogens (tertiary/aromatic N) is 1. The number of carbonyl (C=O) groups is 3. The van der Waals surface area contributed by atoms with Crippen LogP contribution in [-0.2, 0) is 25.7 Å². The van der Waals surface area contributed by atoms with Crippen molar-refractivity contribution in [2.24, 2.45) is 0 Å². The first-order valence-electron chi connectivity index (χ1n) is 8.99. The summed E-state index contributed by atoms with van der Waals surface area (Å²) in [5.41, 5.74) is 1.74. The van der Waals surface area contributed by atoms with Crippen molar-refractivity contribution in [1.82, 2.24) is 4.90 Å². The van der Waals surface area contributed by atoms with Crippen LogP contribution in [0, 0.1) is 0 Å². The molecule has 0 saturated carbocycles. The van der Waals surface area contributed by atoms with Gasteiger partial charge in [-0.1, -0.05) is 42.5 Å². The van der Waals surface area contributed by atoms with Crippen LogP contribution in [0.2, 0.25) is 0 Å². The first kappa shape index (κ1) is 19.9. The largest absolute Gasteiger partial charge is 0.452 e. The molecule has 7 heteroatoms. The highest BCUT2D eigenvalue weighted by Gasteiger charge is 2.31. The number of rotatable bonds is 6. The molecule has 1 N–H and O–H groups in total. The van der Waals surface area contributed by atoms with Crippen LogP contribution in [-0.4, -0.2) is 41.1 Å². The number of carbonyl (C=O) groups excluding carboxylic acids is 3. The minimum absolute atomic E-state index is 0.0924. The Balaban J connectivity index is 1.52. The van der Waals surface area contributed by atoms with Crippen molar-refractivity contribution in [1.29, 1.82) is 0 Å². The van der Waals surface area contributed by atoms with Gasteiger partial charge in [0, 0.05) is 18.5 Å². The lowest BCUT2D eigenvalue weighted by molar-refractivity contribution is -0.159. The number of ether oxygens (including phenoxy) is 1. The number of hydrogen-bond donors (Lipinski definition) is 1. The Morgan fingerprint density at radius 2 is 1.82 bits per heavy atom. The molecular formula is C21H22N2O4S. The van der Waals surface area contributed by atoms with E-state index in [1.807, 2.05) is 54.6 Å². The number of anilines is 1. The van der Waals surface area contributed by atoms with E-state index in [4.69, 9.17) is 4.74 Å². The van der Waals surface area contributed by atoms with Crippen molar-refractivity contribution in [3.8, 4) is 0 Å². The fraction of sp³-hybridized carbons (Fsp3) is 0.286.